The van der Waals surface area contributed by atoms with Crippen molar-refractivity contribution in [1.82, 2.24) is 9.97 Å². The van der Waals surface area contributed by atoms with Gasteiger partial charge in [0.25, 0.3) is 0 Å². The van der Waals surface area contributed by atoms with Gasteiger partial charge in [0.2, 0.25) is 5.95 Å². The molecule has 4 aromatic rings. The first-order chi connectivity index (χ1) is 13.9. The molecule has 0 unspecified atom stereocenters. The smallest absolute Gasteiger partial charge is 0.324 e. The van der Waals surface area contributed by atoms with Gasteiger partial charge in [-0.15, -0.1) is 0 Å². The van der Waals surface area contributed by atoms with Crippen LogP contribution >= 0.6 is 27.7 Å². The second-order valence-corrected chi connectivity index (χ2v) is 8.17. The summed E-state index contributed by atoms with van der Waals surface area (Å²) in [6.07, 6.45) is 0. The minimum Gasteiger partial charge on any atom is -0.324 e. The number of anilines is 2. The van der Waals surface area contributed by atoms with Crippen LogP contribution in [0.3, 0.4) is 0 Å². The molecule has 146 valence electrons. The Morgan fingerprint density at radius 3 is 2.28 bits per heavy atom. The molecule has 0 aliphatic heterocycles. The summed E-state index contributed by atoms with van der Waals surface area (Å²) in [4.78, 5) is 9.33. The fourth-order valence-corrected chi connectivity index (χ4v) is 3.74. The summed E-state index contributed by atoms with van der Waals surface area (Å²) in [5.41, 5.74) is -1.24. The van der Waals surface area contributed by atoms with E-state index in [0.29, 0.717) is 11.6 Å². The molecule has 0 radical (unpaired) electrons. The maximum Gasteiger partial charge on any atom is 0.446 e. The van der Waals surface area contributed by atoms with Crippen LogP contribution in [0.1, 0.15) is 0 Å². The molecule has 4 rings (SSSR count). The summed E-state index contributed by atoms with van der Waals surface area (Å²) in [5.74, 6) is 0.370. The Bertz CT molecular complexity index is 1150. The number of thioether (sulfide) groups is 1. The van der Waals surface area contributed by atoms with E-state index in [1.165, 1.54) is 12.1 Å². The molecule has 0 saturated carbocycles. The van der Waals surface area contributed by atoms with Gasteiger partial charge in [-0.2, -0.15) is 13.2 Å². The molecule has 0 spiro atoms. The number of hydrogen-bond donors (Lipinski definition) is 1. The molecule has 3 aromatic carbocycles. The van der Waals surface area contributed by atoms with Crippen LogP contribution in [-0.2, 0) is 0 Å². The van der Waals surface area contributed by atoms with Crippen molar-refractivity contribution in [2.45, 2.75) is 10.4 Å². The van der Waals surface area contributed by atoms with Crippen molar-refractivity contribution in [3.63, 3.8) is 0 Å². The van der Waals surface area contributed by atoms with Crippen molar-refractivity contribution in [2.75, 3.05) is 5.32 Å². The molecule has 0 amide bonds. The molecule has 29 heavy (non-hydrogen) atoms. The van der Waals surface area contributed by atoms with Gasteiger partial charge in [-0.25, -0.2) is 9.97 Å². The molecular formula is C21H13BrF3N3S. The zero-order chi connectivity index (χ0) is 20.4. The lowest BCUT2D eigenvalue weighted by Gasteiger charge is -2.11. The quantitative estimate of drug-likeness (QED) is 0.311. The number of benzene rings is 3. The minimum atomic E-state index is -4.31. The first kappa shape index (κ1) is 19.7. The third kappa shape index (κ3) is 4.89. The Hall–Kier alpha value is -2.58. The third-order valence-corrected chi connectivity index (χ3v) is 5.28. The van der Waals surface area contributed by atoms with E-state index in [-0.39, 0.29) is 16.7 Å². The van der Waals surface area contributed by atoms with Crippen molar-refractivity contribution < 1.29 is 13.2 Å². The van der Waals surface area contributed by atoms with Crippen molar-refractivity contribution in [2.24, 2.45) is 0 Å². The monoisotopic (exact) mass is 475 g/mol. The Morgan fingerprint density at radius 1 is 0.862 bits per heavy atom. The van der Waals surface area contributed by atoms with E-state index in [9.17, 15) is 13.2 Å². The molecule has 0 bridgehead atoms. The average Bonchev–Trinajstić information content (AvgIpc) is 2.69. The molecule has 1 aromatic heterocycles. The van der Waals surface area contributed by atoms with E-state index < -0.39 is 5.51 Å². The molecule has 0 aliphatic rings. The Kier molecular flexibility index (Phi) is 5.47. The highest BCUT2D eigenvalue weighted by molar-refractivity contribution is 9.10. The van der Waals surface area contributed by atoms with Crippen LogP contribution in [0.4, 0.5) is 24.8 Å². The van der Waals surface area contributed by atoms with Crippen LogP contribution in [0.2, 0.25) is 0 Å². The van der Waals surface area contributed by atoms with Crippen LogP contribution in [0.15, 0.2) is 82.2 Å². The van der Waals surface area contributed by atoms with Crippen LogP contribution in [-0.4, -0.2) is 15.5 Å². The molecule has 1 N–H and O–H groups in total. The molecular weight excluding hydrogens is 463 g/mol. The lowest BCUT2D eigenvalue weighted by atomic mass is 10.1. The lowest BCUT2D eigenvalue weighted by molar-refractivity contribution is -0.0328. The highest BCUT2D eigenvalue weighted by atomic mass is 79.9. The predicted octanol–water partition coefficient (Wildman–Crippen LogP) is 7.41. The number of rotatable bonds is 4. The fraction of sp³-hybridized carbons (Fsp3) is 0.0476. The normalized spacial score (nSPS) is 11.6. The molecule has 0 aliphatic carbocycles. The summed E-state index contributed by atoms with van der Waals surface area (Å²) in [7, 11) is 0. The molecule has 0 atom stereocenters. The summed E-state index contributed by atoms with van der Waals surface area (Å²) in [6, 6.07) is 21.5. The van der Waals surface area contributed by atoms with E-state index in [4.69, 9.17) is 0 Å². The molecule has 3 nitrogen and oxygen atoms in total. The predicted molar refractivity (Wildman–Crippen MR) is 114 cm³/mol. The highest BCUT2D eigenvalue weighted by Crippen LogP contribution is 2.37. The van der Waals surface area contributed by atoms with Gasteiger partial charge < -0.3 is 5.32 Å². The van der Waals surface area contributed by atoms with Gasteiger partial charge in [0.15, 0.2) is 0 Å². The molecule has 0 saturated heterocycles. The maximum absolute atomic E-state index is 12.5. The largest absolute Gasteiger partial charge is 0.446 e. The third-order valence-electron chi connectivity index (χ3n) is 4.05. The van der Waals surface area contributed by atoms with E-state index >= 15 is 0 Å². The van der Waals surface area contributed by atoms with E-state index in [1.807, 2.05) is 48.5 Å². The second kappa shape index (κ2) is 8.04. The van der Waals surface area contributed by atoms with E-state index in [1.54, 1.807) is 12.1 Å². The zero-order valence-corrected chi connectivity index (χ0v) is 17.1. The Balaban J connectivity index is 1.70. The first-order valence-electron chi connectivity index (χ1n) is 8.53. The molecule has 0 fully saturated rings. The average molecular weight is 476 g/mol. The SMILES string of the molecule is FC(F)(F)Sc1ccc(Nc2nc(-c3ccccc3)c3cc(Br)ccc3n2)cc1. The van der Waals surface area contributed by atoms with Gasteiger partial charge in [0.05, 0.1) is 11.2 Å². The Morgan fingerprint density at radius 2 is 1.59 bits per heavy atom. The van der Waals surface area contributed by atoms with Crippen LogP contribution in [0, 0.1) is 0 Å². The van der Waals surface area contributed by atoms with Crippen LogP contribution < -0.4 is 5.32 Å². The number of nitrogens with zero attached hydrogens (tertiary/aromatic N) is 2. The minimum absolute atomic E-state index is 0.123. The number of nitrogens with one attached hydrogen (secondary N) is 1. The number of alkyl halides is 3. The summed E-state index contributed by atoms with van der Waals surface area (Å²) in [6.45, 7) is 0. The molecule has 1 heterocycles. The zero-order valence-electron chi connectivity index (χ0n) is 14.7. The molecule has 8 heteroatoms. The van der Waals surface area contributed by atoms with Gasteiger partial charge >= 0.3 is 5.51 Å². The maximum atomic E-state index is 12.5. The van der Waals surface area contributed by atoms with Gasteiger partial charge in [0, 0.05) is 26.0 Å². The standard InChI is InChI=1S/C21H13BrF3N3S/c22-14-6-11-18-17(12-14)19(13-4-2-1-3-5-13)28-20(27-18)26-15-7-9-16(10-8-15)29-21(23,24)25/h1-12H,(H,26,27,28). The first-order valence-corrected chi connectivity index (χ1v) is 10.1. The van der Waals surface area contributed by atoms with Crippen molar-refractivity contribution in [3.05, 3.63) is 77.3 Å². The van der Waals surface area contributed by atoms with E-state index in [2.05, 4.69) is 31.2 Å². The number of aromatic nitrogens is 2. The van der Waals surface area contributed by atoms with Gasteiger partial charge in [-0.3, -0.25) is 0 Å². The topological polar surface area (TPSA) is 37.8 Å². The Labute approximate surface area is 177 Å². The van der Waals surface area contributed by atoms with Gasteiger partial charge in [-0.05, 0) is 54.2 Å². The van der Waals surface area contributed by atoms with Crippen molar-refractivity contribution in [1.29, 1.82) is 0 Å². The summed E-state index contributed by atoms with van der Waals surface area (Å²) >= 11 is 3.34. The highest BCUT2D eigenvalue weighted by Gasteiger charge is 2.29. The number of hydrogen-bond acceptors (Lipinski definition) is 4. The van der Waals surface area contributed by atoms with Crippen molar-refractivity contribution in [3.8, 4) is 11.3 Å². The van der Waals surface area contributed by atoms with Crippen LogP contribution in [0.5, 0.6) is 0 Å². The summed E-state index contributed by atoms with van der Waals surface area (Å²) in [5, 5.41) is 3.98. The van der Waals surface area contributed by atoms with Crippen molar-refractivity contribution >= 4 is 50.2 Å². The fourth-order valence-electron chi connectivity index (χ4n) is 2.84. The summed E-state index contributed by atoms with van der Waals surface area (Å²) < 4.78 is 38.4. The van der Waals surface area contributed by atoms with Gasteiger partial charge in [0.1, 0.15) is 0 Å². The van der Waals surface area contributed by atoms with E-state index in [0.717, 1.165) is 26.6 Å². The van der Waals surface area contributed by atoms with Gasteiger partial charge in [-0.1, -0.05) is 46.3 Å². The number of fused-ring (bicyclic) bond motifs is 1. The number of halogens is 4. The van der Waals surface area contributed by atoms with Crippen LogP contribution in [0.25, 0.3) is 22.2 Å². The lowest BCUT2D eigenvalue weighted by Crippen LogP contribution is -2.01. The second-order valence-electron chi connectivity index (χ2n) is 6.12.